The summed E-state index contributed by atoms with van der Waals surface area (Å²) in [4.78, 5) is 28.4. The number of ether oxygens (including phenoxy) is 2. The van der Waals surface area contributed by atoms with Crippen LogP contribution in [0.15, 0.2) is 48.5 Å². The number of rotatable bonds is 4. The van der Waals surface area contributed by atoms with Gasteiger partial charge in [0.1, 0.15) is 0 Å². The minimum absolute atomic E-state index is 0.0255. The number of carbonyl (C=O) groups is 2. The fourth-order valence-corrected chi connectivity index (χ4v) is 3.79. The molecule has 182 valence electrons. The molecule has 2 aliphatic rings. The molecule has 2 amide bonds. The van der Waals surface area contributed by atoms with Gasteiger partial charge in [0.15, 0.2) is 11.5 Å². The van der Waals surface area contributed by atoms with Gasteiger partial charge in [-0.05, 0) is 44.2 Å². The molecule has 8 heteroatoms. The number of carbonyl (C=O) groups excluding carboxylic acids is 2. The smallest absolute Gasteiger partial charge is 0.231 e. The van der Waals surface area contributed by atoms with Gasteiger partial charge in [-0.15, -0.1) is 0 Å². The van der Waals surface area contributed by atoms with Crippen molar-refractivity contribution >= 4 is 23.2 Å². The van der Waals surface area contributed by atoms with E-state index in [0.717, 1.165) is 56.0 Å². The maximum absolute atomic E-state index is 10.8. The Morgan fingerprint density at radius 3 is 2.26 bits per heavy atom. The molecular weight excluding hydrogens is 432 g/mol. The van der Waals surface area contributed by atoms with E-state index in [9.17, 15) is 9.59 Å². The second-order valence-corrected chi connectivity index (χ2v) is 8.31. The van der Waals surface area contributed by atoms with E-state index in [1.54, 1.807) is 11.8 Å². The molecule has 0 atom stereocenters. The number of aromatic nitrogens is 1. The van der Waals surface area contributed by atoms with Crippen molar-refractivity contribution in [2.75, 3.05) is 46.6 Å². The molecule has 5 rings (SSSR count). The number of aromatic amines is 1. The van der Waals surface area contributed by atoms with E-state index in [1.807, 2.05) is 36.4 Å². The largest absolute Gasteiger partial charge is 0.454 e. The van der Waals surface area contributed by atoms with E-state index in [-0.39, 0.29) is 5.91 Å². The topological polar surface area (TPSA) is 86.9 Å². The number of fused-ring (bicyclic) bond motifs is 2. The van der Waals surface area contributed by atoms with Gasteiger partial charge in [0.25, 0.3) is 0 Å². The van der Waals surface area contributed by atoms with Crippen molar-refractivity contribution in [3.8, 4) is 11.5 Å². The third-order valence-electron chi connectivity index (χ3n) is 5.74. The highest BCUT2D eigenvalue weighted by molar-refractivity contribution is 5.84. The molecule has 2 aliphatic heterocycles. The highest BCUT2D eigenvalue weighted by atomic mass is 16.7. The van der Waals surface area contributed by atoms with Gasteiger partial charge in [-0.1, -0.05) is 30.3 Å². The normalized spacial score (nSPS) is 14.5. The van der Waals surface area contributed by atoms with Crippen LogP contribution < -0.4 is 14.8 Å². The van der Waals surface area contributed by atoms with Crippen molar-refractivity contribution in [1.29, 1.82) is 0 Å². The van der Waals surface area contributed by atoms with Gasteiger partial charge in [0.05, 0.1) is 0 Å². The molecule has 0 unspecified atom stereocenters. The van der Waals surface area contributed by atoms with Crippen molar-refractivity contribution in [3.05, 3.63) is 59.8 Å². The first-order valence-electron chi connectivity index (χ1n) is 11.5. The highest BCUT2D eigenvalue weighted by Gasteiger charge is 2.11. The third kappa shape index (κ3) is 7.25. The Bertz CT molecular complexity index is 1050. The number of hydrogen-bond donors (Lipinski definition) is 2. The zero-order valence-electron chi connectivity index (χ0n) is 20.2. The lowest BCUT2D eigenvalue weighted by atomic mass is 10.1. The Labute approximate surface area is 200 Å². The molecule has 1 saturated heterocycles. The second-order valence-electron chi connectivity index (χ2n) is 8.31. The second kappa shape index (κ2) is 12.6. The van der Waals surface area contributed by atoms with E-state index < -0.39 is 0 Å². The van der Waals surface area contributed by atoms with E-state index in [1.165, 1.54) is 16.6 Å². The predicted molar refractivity (Wildman–Crippen MR) is 133 cm³/mol. The first-order valence-corrected chi connectivity index (χ1v) is 11.5. The molecule has 0 radical (unpaired) electrons. The Balaban J connectivity index is 0.000000153. The first-order chi connectivity index (χ1) is 16.5. The highest BCUT2D eigenvalue weighted by Crippen LogP contribution is 2.30. The van der Waals surface area contributed by atoms with Crippen LogP contribution in [0.25, 0.3) is 10.9 Å². The summed E-state index contributed by atoms with van der Waals surface area (Å²) in [5, 5.41) is 4.08. The number of piperazine rings is 1. The van der Waals surface area contributed by atoms with E-state index in [2.05, 4.69) is 41.3 Å². The van der Waals surface area contributed by atoms with Gasteiger partial charge in [0, 0.05) is 56.2 Å². The first kappa shape index (κ1) is 25.1. The van der Waals surface area contributed by atoms with Crippen molar-refractivity contribution in [2.45, 2.75) is 20.3 Å². The number of nitrogens with zero attached hydrogens (tertiary/aromatic N) is 2. The van der Waals surface area contributed by atoms with Gasteiger partial charge in [-0.3, -0.25) is 9.59 Å². The van der Waals surface area contributed by atoms with Gasteiger partial charge >= 0.3 is 0 Å². The summed E-state index contributed by atoms with van der Waals surface area (Å²) < 4.78 is 10.2. The van der Waals surface area contributed by atoms with Gasteiger partial charge in [0.2, 0.25) is 19.1 Å². The molecule has 8 nitrogen and oxygen atoms in total. The molecule has 34 heavy (non-hydrogen) atoms. The molecule has 2 aromatic carbocycles. The summed E-state index contributed by atoms with van der Waals surface area (Å²) in [6.07, 6.45) is 1.79. The number of likely N-dealkylation sites (N-methyl/N-ethyl adjacent to an activating group) is 1. The third-order valence-corrected chi connectivity index (χ3v) is 5.74. The van der Waals surface area contributed by atoms with Crippen LogP contribution in [-0.2, 0) is 16.0 Å². The van der Waals surface area contributed by atoms with E-state index in [4.69, 9.17) is 9.47 Å². The minimum atomic E-state index is 0.0255. The molecule has 1 fully saturated rings. The summed E-state index contributed by atoms with van der Waals surface area (Å²) in [7, 11) is 2.07. The average molecular weight is 467 g/mol. The van der Waals surface area contributed by atoms with Crippen LogP contribution in [-0.4, -0.2) is 73.7 Å². The predicted octanol–water partition coefficient (Wildman–Crippen LogP) is 2.96. The fraction of sp³-hybridized carbons (Fsp3) is 0.385. The van der Waals surface area contributed by atoms with Gasteiger partial charge in [-0.25, -0.2) is 0 Å². The number of aryl methyl sites for hydroxylation is 1. The number of nitrogens with one attached hydrogen (secondary N) is 2. The number of para-hydroxylation sites is 3. The zero-order chi connectivity index (χ0) is 24.3. The van der Waals surface area contributed by atoms with Crippen LogP contribution in [0.1, 0.15) is 18.2 Å². The minimum Gasteiger partial charge on any atom is -0.454 e. The van der Waals surface area contributed by atoms with Crippen LogP contribution in [0.2, 0.25) is 0 Å². The van der Waals surface area contributed by atoms with Crippen LogP contribution in [0.5, 0.6) is 11.5 Å². The van der Waals surface area contributed by atoms with Gasteiger partial charge < -0.3 is 29.6 Å². The van der Waals surface area contributed by atoms with Crippen molar-refractivity contribution in [3.63, 3.8) is 0 Å². The molecule has 0 aliphatic carbocycles. The number of benzene rings is 2. The standard InChI is InChI=1S/C13H16N2O.C7H6O2.C6H12N2O/c1-9-11(7-8-14-10(2)16)12-5-3-4-6-13(12)15-9;1-2-4-7-6(3-1)8-5-9-7;1-7-2-4-8(6-9)5-3-7/h3-6,15H,7-8H2,1-2H3,(H,14,16);1-4H,5H2;6H,2-5H2,1H3. The Morgan fingerprint density at radius 2 is 1.65 bits per heavy atom. The lowest BCUT2D eigenvalue weighted by Crippen LogP contribution is -2.43. The van der Waals surface area contributed by atoms with E-state index in [0.29, 0.717) is 13.3 Å². The zero-order valence-corrected chi connectivity index (χ0v) is 20.2. The maximum atomic E-state index is 10.8. The summed E-state index contributed by atoms with van der Waals surface area (Å²) in [5.41, 5.74) is 3.65. The monoisotopic (exact) mass is 466 g/mol. The van der Waals surface area contributed by atoms with Crippen molar-refractivity contribution in [1.82, 2.24) is 20.1 Å². The van der Waals surface area contributed by atoms with Crippen LogP contribution in [0, 0.1) is 6.92 Å². The van der Waals surface area contributed by atoms with Crippen molar-refractivity contribution < 1.29 is 19.1 Å². The summed E-state index contributed by atoms with van der Waals surface area (Å²) >= 11 is 0. The molecule has 0 bridgehead atoms. The average Bonchev–Trinajstić information content (AvgIpc) is 3.44. The summed E-state index contributed by atoms with van der Waals surface area (Å²) in [6, 6.07) is 15.9. The molecule has 0 saturated carbocycles. The molecule has 1 aromatic heterocycles. The van der Waals surface area contributed by atoms with Crippen LogP contribution in [0.3, 0.4) is 0 Å². The fourth-order valence-electron chi connectivity index (χ4n) is 3.79. The molecule has 3 heterocycles. The summed E-state index contributed by atoms with van der Waals surface area (Å²) in [5.74, 6) is 1.72. The van der Waals surface area contributed by atoms with Crippen LogP contribution in [0.4, 0.5) is 0 Å². The molecule has 3 aromatic rings. The SMILES string of the molecule is CC(=O)NCCc1c(C)[nH]c2ccccc12.CN1CCN(C=O)CC1.c1ccc2c(c1)OCO2. The van der Waals surface area contributed by atoms with Crippen LogP contribution >= 0.6 is 0 Å². The molecule has 2 N–H and O–H groups in total. The van der Waals surface area contributed by atoms with E-state index >= 15 is 0 Å². The Morgan fingerprint density at radius 1 is 1.03 bits per heavy atom. The van der Waals surface area contributed by atoms with Gasteiger partial charge in [-0.2, -0.15) is 0 Å². The molecule has 0 spiro atoms. The number of hydrogen-bond acceptors (Lipinski definition) is 5. The number of H-pyrrole nitrogens is 1. The van der Waals surface area contributed by atoms with Crippen molar-refractivity contribution in [2.24, 2.45) is 0 Å². The summed E-state index contributed by atoms with van der Waals surface area (Å²) in [6.45, 7) is 8.47. The maximum Gasteiger partial charge on any atom is 0.231 e. The quantitative estimate of drug-likeness (QED) is 0.578. The Kier molecular flexibility index (Phi) is 9.34. The lowest BCUT2D eigenvalue weighted by Gasteiger charge is -2.29. The Hall–Kier alpha value is -3.52. The number of amides is 2. The molecular formula is C26H34N4O4. The lowest BCUT2D eigenvalue weighted by molar-refractivity contribution is -0.120.